The van der Waals surface area contributed by atoms with Gasteiger partial charge in [0.05, 0.1) is 5.54 Å². The zero-order valence-corrected chi connectivity index (χ0v) is 9.42. The van der Waals surface area contributed by atoms with Gasteiger partial charge < -0.3 is 4.74 Å². The molecule has 13 heavy (non-hydrogen) atoms. The van der Waals surface area contributed by atoms with Crippen LogP contribution in [0.25, 0.3) is 0 Å². The van der Waals surface area contributed by atoms with E-state index >= 15 is 0 Å². The fraction of sp³-hybridized carbons (Fsp3) is 0.909. The Morgan fingerprint density at radius 1 is 1.46 bits per heavy atom. The molecule has 1 unspecified atom stereocenters. The topological polar surface area (TPSA) is 21.6 Å². The van der Waals surface area contributed by atoms with Crippen molar-refractivity contribution in [2.45, 2.75) is 46.6 Å². The normalized spacial score (nSPS) is 22.8. The molecule has 0 bridgehead atoms. The molecule has 2 heteroatoms. The summed E-state index contributed by atoms with van der Waals surface area (Å²) in [6.07, 6.45) is 1.12. The van der Waals surface area contributed by atoms with Crippen LogP contribution >= 0.6 is 0 Å². The molecule has 1 aliphatic heterocycles. The minimum atomic E-state index is -0.00234. The highest BCUT2D eigenvalue weighted by Gasteiger charge is 2.31. The molecule has 0 N–H and O–H groups in total. The van der Waals surface area contributed by atoms with E-state index in [0.29, 0.717) is 11.8 Å². The molecule has 1 rings (SSSR count). The van der Waals surface area contributed by atoms with Gasteiger partial charge in [0.25, 0.3) is 0 Å². The van der Waals surface area contributed by atoms with Gasteiger partial charge in [-0.15, -0.1) is 0 Å². The van der Waals surface area contributed by atoms with Gasteiger partial charge in [-0.1, -0.05) is 20.8 Å². The van der Waals surface area contributed by atoms with E-state index in [0.717, 1.165) is 18.9 Å². The van der Waals surface area contributed by atoms with Gasteiger partial charge in [-0.25, -0.2) is 4.99 Å². The molecule has 2 nitrogen and oxygen atoms in total. The van der Waals surface area contributed by atoms with Crippen LogP contribution in [-0.4, -0.2) is 18.0 Å². The van der Waals surface area contributed by atoms with Gasteiger partial charge >= 0.3 is 0 Å². The lowest BCUT2D eigenvalue weighted by molar-refractivity contribution is 0.255. The molecule has 1 heterocycles. The molecule has 1 aliphatic rings. The Hall–Kier alpha value is -0.530. The second kappa shape index (κ2) is 3.69. The van der Waals surface area contributed by atoms with E-state index in [1.165, 1.54) is 0 Å². The molecule has 0 aromatic heterocycles. The lowest BCUT2D eigenvalue weighted by Crippen LogP contribution is -2.19. The van der Waals surface area contributed by atoms with E-state index < -0.39 is 0 Å². The third kappa shape index (κ3) is 2.45. The zero-order chi connectivity index (χ0) is 10.1. The maximum absolute atomic E-state index is 5.63. The van der Waals surface area contributed by atoms with Gasteiger partial charge in [0.1, 0.15) is 6.61 Å². The lowest BCUT2D eigenvalue weighted by atomic mass is 9.93. The molecule has 0 saturated heterocycles. The Labute approximate surface area is 81.4 Å². The average molecular weight is 183 g/mol. The third-order valence-electron chi connectivity index (χ3n) is 2.55. The van der Waals surface area contributed by atoms with Crippen LogP contribution < -0.4 is 0 Å². The van der Waals surface area contributed by atoms with Crippen LogP contribution in [-0.2, 0) is 4.74 Å². The molecule has 0 radical (unpaired) electrons. The maximum atomic E-state index is 5.63. The summed E-state index contributed by atoms with van der Waals surface area (Å²) in [5, 5.41) is 0. The molecule has 0 saturated carbocycles. The molecule has 1 atom stereocenters. The highest BCUT2D eigenvalue weighted by Crippen LogP contribution is 2.25. The fourth-order valence-corrected chi connectivity index (χ4v) is 1.73. The summed E-state index contributed by atoms with van der Waals surface area (Å²) in [4.78, 5) is 4.61. The van der Waals surface area contributed by atoms with Crippen molar-refractivity contribution in [2.75, 3.05) is 6.61 Å². The van der Waals surface area contributed by atoms with Gasteiger partial charge in [-0.2, -0.15) is 0 Å². The number of hydrogen-bond donors (Lipinski definition) is 0. The first-order chi connectivity index (χ1) is 5.96. The number of hydrogen-bond acceptors (Lipinski definition) is 2. The van der Waals surface area contributed by atoms with Crippen molar-refractivity contribution in [1.82, 2.24) is 0 Å². The number of rotatable bonds is 3. The van der Waals surface area contributed by atoms with Gasteiger partial charge in [0.15, 0.2) is 5.90 Å². The Balaban J connectivity index is 2.72. The van der Waals surface area contributed by atoms with Gasteiger partial charge in [0, 0.05) is 5.92 Å². The number of ether oxygens (including phenoxy) is 1. The quantitative estimate of drug-likeness (QED) is 0.659. The van der Waals surface area contributed by atoms with Crippen LogP contribution in [0.15, 0.2) is 4.99 Å². The molecular formula is C11H21NO. The minimum Gasteiger partial charge on any atom is -0.478 e. The Kier molecular flexibility index (Phi) is 2.99. The summed E-state index contributed by atoms with van der Waals surface area (Å²) in [6.45, 7) is 11.6. The average Bonchev–Trinajstić information content (AvgIpc) is 2.31. The zero-order valence-electron chi connectivity index (χ0n) is 9.42. The summed E-state index contributed by atoms with van der Waals surface area (Å²) in [5.41, 5.74) is -0.00234. The van der Waals surface area contributed by atoms with Crippen LogP contribution in [0.2, 0.25) is 0 Å². The predicted octanol–water partition coefficient (Wildman–Crippen LogP) is 2.88. The second-order valence-electron chi connectivity index (χ2n) is 4.81. The molecule has 0 aliphatic carbocycles. The van der Waals surface area contributed by atoms with Crippen molar-refractivity contribution in [3.05, 3.63) is 0 Å². The van der Waals surface area contributed by atoms with Gasteiger partial charge in [-0.05, 0) is 26.2 Å². The largest absolute Gasteiger partial charge is 0.478 e. The SMILES string of the molecule is CCC(C1=NC(C)(C)CO1)C(C)C. The first-order valence-electron chi connectivity index (χ1n) is 5.19. The summed E-state index contributed by atoms with van der Waals surface area (Å²) < 4.78 is 5.63. The maximum Gasteiger partial charge on any atom is 0.187 e. The van der Waals surface area contributed by atoms with Crippen molar-refractivity contribution in [1.29, 1.82) is 0 Å². The van der Waals surface area contributed by atoms with Crippen molar-refractivity contribution in [3.8, 4) is 0 Å². The van der Waals surface area contributed by atoms with Crippen molar-refractivity contribution in [2.24, 2.45) is 16.8 Å². The molecule has 0 amide bonds. The minimum absolute atomic E-state index is 0.00234. The standard InChI is InChI=1S/C11H21NO/c1-6-9(8(2)3)10-12-11(4,5)7-13-10/h8-9H,6-7H2,1-5H3. The van der Waals surface area contributed by atoms with E-state index in [2.05, 4.69) is 39.6 Å². The molecule has 0 spiro atoms. The Bertz CT molecular complexity index is 206. The van der Waals surface area contributed by atoms with Crippen molar-refractivity contribution >= 4 is 5.90 Å². The first kappa shape index (κ1) is 10.6. The van der Waals surface area contributed by atoms with Gasteiger partial charge in [-0.3, -0.25) is 0 Å². The summed E-state index contributed by atoms with van der Waals surface area (Å²) in [7, 11) is 0. The monoisotopic (exact) mass is 183 g/mol. The van der Waals surface area contributed by atoms with Crippen LogP contribution in [0.3, 0.4) is 0 Å². The van der Waals surface area contributed by atoms with E-state index in [4.69, 9.17) is 4.74 Å². The van der Waals surface area contributed by atoms with Crippen LogP contribution in [0.4, 0.5) is 0 Å². The highest BCUT2D eigenvalue weighted by atomic mass is 16.5. The molecule has 0 fully saturated rings. The van der Waals surface area contributed by atoms with Crippen molar-refractivity contribution in [3.63, 3.8) is 0 Å². The van der Waals surface area contributed by atoms with E-state index in [1.54, 1.807) is 0 Å². The summed E-state index contributed by atoms with van der Waals surface area (Å²) >= 11 is 0. The molecule has 76 valence electrons. The highest BCUT2D eigenvalue weighted by molar-refractivity contribution is 5.80. The smallest absolute Gasteiger partial charge is 0.187 e. The molecule has 0 aromatic rings. The van der Waals surface area contributed by atoms with Crippen LogP contribution in [0, 0.1) is 11.8 Å². The fourth-order valence-electron chi connectivity index (χ4n) is 1.73. The number of nitrogens with zero attached hydrogens (tertiary/aromatic N) is 1. The van der Waals surface area contributed by atoms with E-state index in [-0.39, 0.29) is 5.54 Å². The van der Waals surface area contributed by atoms with Crippen LogP contribution in [0.5, 0.6) is 0 Å². The van der Waals surface area contributed by atoms with Crippen LogP contribution in [0.1, 0.15) is 41.0 Å². The summed E-state index contributed by atoms with van der Waals surface area (Å²) in [6, 6.07) is 0. The summed E-state index contributed by atoms with van der Waals surface area (Å²) in [5.74, 6) is 2.10. The third-order valence-corrected chi connectivity index (χ3v) is 2.55. The lowest BCUT2D eigenvalue weighted by Gasteiger charge is -2.17. The van der Waals surface area contributed by atoms with Gasteiger partial charge in [0.2, 0.25) is 0 Å². The molecular weight excluding hydrogens is 162 g/mol. The van der Waals surface area contributed by atoms with E-state index in [9.17, 15) is 0 Å². The Morgan fingerprint density at radius 3 is 2.38 bits per heavy atom. The van der Waals surface area contributed by atoms with E-state index in [1.807, 2.05) is 0 Å². The molecule has 0 aromatic carbocycles. The Morgan fingerprint density at radius 2 is 2.08 bits per heavy atom. The first-order valence-corrected chi connectivity index (χ1v) is 5.19. The predicted molar refractivity (Wildman–Crippen MR) is 56.1 cm³/mol. The van der Waals surface area contributed by atoms with Crippen molar-refractivity contribution < 1.29 is 4.74 Å². The number of aliphatic imine (C=N–C) groups is 1. The second-order valence-corrected chi connectivity index (χ2v) is 4.81.